The summed E-state index contributed by atoms with van der Waals surface area (Å²) in [7, 11) is -3.52. The first-order chi connectivity index (χ1) is 14.7. The largest absolute Gasteiger partial charge is 0.351 e. The number of amides is 1. The van der Waals surface area contributed by atoms with E-state index in [1.165, 1.54) is 16.4 Å². The smallest absolute Gasteiger partial charge is 0.288 e. The molecule has 1 heterocycles. The number of benzene rings is 2. The van der Waals surface area contributed by atoms with Crippen LogP contribution in [0.1, 0.15) is 15.9 Å². The Morgan fingerprint density at radius 1 is 1.13 bits per heavy atom. The molecule has 0 bridgehead atoms. The van der Waals surface area contributed by atoms with E-state index >= 15 is 0 Å². The molecule has 0 saturated carbocycles. The van der Waals surface area contributed by atoms with Crippen molar-refractivity contribution in [1.82, 2.24) is 14.5 Å². The van der Waals surface area contributed by atoms with E-state index in [4.69, 9.17) is 11.6 Å². The van der Waals surface area contributed by atoms with Crippen LogP contribution in [0.4, 0.5) is 5.69 Å². The molecule has 1 aliphatic heterocycles. The van der Waals surface area contributed by atoms with Gasteiger partial charge in [0.25, 0.3) is 11.6 Å². The van der Waals surface area contributed by atoms with Gasteiger partial charge in [-0.25, -0.2) is 8.42 Å². The average Bonchev–Trinajstić information content (AvgIpc) is 2.74. The number of carbonyl (C=O) groups is 1. The fourth-order valence-electron chi connectivity index (χ4n) is 3.28. The van der Waals surface area contributed by atoms with Crippen molar-refractivity contribution >= 4 is 33.2 Å². The lowest BCUT2D eigenvalue weighted by Crippen LogP contribution is -2.50. The van der Waals surface area contributed by atoms with Gasteiger partial charge in [-0.2, -0.15) is 4.31 Å². The van der Waals surface area contributed by atoms with Crippen molar-refractivity contribution in [2.24, 2.45) is 0 Å². The molecule has 0 spiro atoms. The van der Waals surface area contributed by atoms with Crippen molar-refractivity contribution in [3.63, 3.8) is 0 Å². The lowest BCUT2D eigenvalue weighted by atomic mass is 10.2. The van der Waals surface area contributed by atoms with Crippen LogP contribution in [0.25, 0.3) is 0 Å². The molecule has 166 valence electrons. The fourth-order valence-corrected chi connectivity index (χ4v) is 4.88. The topological polar surface area (TPSA) is 113 Å². The molecule has 2 aromatic carbocycles. The highest BCUT2D eigenvalue weighted by atomic mass is 35.5. The Bertz CT molecular complexity index is 1070. The van der Waals surface area contributed by atoms with Gasteiger partial charge < -0.3 is 5.32 Å². The number of rotatable bonds is 7. The Hall–Kier alpha value is -2.53. The van der Waals surface area contributed by atoms with Crippen LogP contribution in [0.2, 0.25) is 5.02 Å². The second kappa shape index (κ2) is 9.73. The molecule has 1 fully saturated rings. The molecule has 0 atom stereocenters. The predicted octanol–water partition coefficient (Wildman–Crippen LogP) is 2.29. The number of sulfonamides is 1. The number of halogens is 1. The number of aryl methyl sites for hydroxylation is 1. The van der Waals surface area contributed by atoms with Crippen LogP contribution in [-0.4, -0.2) is 67.7 Å². The predicted molar refractivity (Wildman–Crippen MR) is 117 cm³/mol. The van der Waals surface area contributed by atoms with Crippen molar-refractivity contribution in [2.75, 3.05) is 39.3 Å². The highest BCUT2D eigenvalue weighted by Crippen LogP contribution is 2.25. The molecule has 1 saturated heterocycles. The van der Waals surface area contributed by atoms with Crippen LogP contribution in [0.5, 0.6) is 0 Å². The summed E-state index contributed by atoms with van der Waals surface area (Å²) in [6, 6.07) is 10.7. The zero-order valence-corrected chi connectivity index (χ0v) is 18.5. The molecule has 0 aromatic heterocycles. The molecule has 3 rings (SSSR count). The second-order valence-electron chi connectivity index (χ2n) is 7.24. The van der Waals surface area contributed by atoms with Crippen molar-refractivity contribution < 1.29 is 18.1 Å². The summed E-state index contributed by atoms with van der Waals surface area (Å²) < 4.78 is 27.0. The van der Waals surface area contributed by atoms with Crippen LogP contribution < -0.4 is 5.32 Å². The third kappa shape index (κ3) is 5.59. The molecule has 0 aliphatic carbocycles. The number of nitro groups is 1. The molecule has 11 heteroatoms. The Morgan fingerprint density at radius 3 is 2.39 bits per heavy atom. The van der Waals surface area contributed by atoms with Gasteiger partial charge in [-0.3, -0.25) is 19.8 Å². The van der Waals surface area contributed by atoms with Gasteiger partial charge >= 0.3 is 0 Å². The number of nitrogens with zero attached hydrogens (tertiary/aromatic N) is 3. The molecule has 1 N–H and O–H groups in total. The van der Waals surface area contributed by atoms with Crippen molar-refractivity contribution in [1.29, 1.82) is 0 Å². The Balaban J connectivity index is 1.48. The fraction of sp³-hybridized carbons (Fsp3) is 0.350. The Kier molecular flexibility index (Phi) is 7.26. The number of hydrogen-bond donors (Lipinski definition) is 1. The molecule has 9 nitrogen and oxygen atoms in total. The van der Waals surface area contributed by atoms with Crippen LogP contribution >= 0.6 is 11.6 Å². The van der Waals surface area contributed by atoms with E-state index in [-0.39, 0.29) is 21.2 Å². The highest BCUT2D eigenvalue weighted by Gasteiger charge is 2.28. The summed E-state index contributed by atoms with van der Waals surface area (Å²) in [5.74, 6) is -0.430. The highest BCUT2D eigenvalue weighted by molar-refractivity contribution is 7.89. The second-order valence-corrected chi connectivity index (χ2v) is 9.58. The van der Waals surface area contributed by atoms with Crippen LogP contribution in [0, 0.1) is 17.0 Å². The normalized spacial score (nSPS) is 15.5. The molecular weight excluding hydrogens is 444 g/mol. The average molecular weight is 467 g/mol. The third-order valence-electron chi connectivity index (χ3n) is 5.11. The van der Waals surface area contributed by atoms with Crippen molar-refractivity contribution in [3.8, 4) is 0 Å². The maximum Gasteiger partial charge on any atom is 0.288 e. The number of nitrogens with one attached hydrogen (secondary N) is 1. The molecule has 0 radical (unpaired) electrons. The number of piperazine rings is 1. The zero-order valence-electron chi connectivity index (χ0n) is 17.0. The van der Waals surface area contributed by atoms with Crippen LogP contribution in [0.3, 0.4) is 0 Å². The first-order valence-corrected chi connectivity index (χ1v) is 11.5. The molecular formula is C20H23ClN4O5S. The Morgan fingerprint density at radius 2 is 1.77 bits per heavy atom. The summed E-state index contributed by atoms with van der Waals surface area (Å²) in [6.45, 7) is 4.61. The molecule has 1 amide bonds. The summed E-state index contributed by atoms with van der Waals surface area (Å²) in [5, 5.41) is 13.7. The minimum Gasteiger partial charge on any atom is -0.351 e. The maximum atomic E-state index is 12.8. The van der Waals surface area contributed by atoms with Gasteiger partial charge in [0.1, 0.15) is 5.02 Å². The summed E-state index contributed by atoms with van der Waals surface area (Å²) >= 11 is 5.76. The van der Waals surface area contributed by atoms with Gasteiger partial charge in [0.05, 0.1) is 9.82 Å². The van der Waals surface area contributed by atoms with Crippen molar-refractivity contribution in [3.05, 3.63) is 68.7 Å². The van der Waals surface area contributed by atoms with E-state index < -0.39 is 20.9 Å². The van der Waals surface area contributed by atoms with Gasteiger partial charge in [-0.1, -0.05) is 29.3 Å². The number of carbonyl (C=O) groups excluding carboxylic acids is 1. The number of hydrogen-bond acceptors (Lipinski definition) is 6. The first kappa shape index (κ1) is 23.1. The van der Waals surface area contributed by atoms with E-state index in [1.807, 2.05) is 6.92 Å². The lowest BCUT2D eigenvalue weighted by Gasteiger charge is -2.34. The van der Waals surface area contributed by atoms with E-state index in [0.29, 0.717) is 39.3 Å². The molecule has 1 aliphatic rings. The van der Waals surface area contributed by atoms with Gasteiger partial charge in [0.15, 0.2) is 0 Å². The zero-order chi connectivity index (χ0) is 22.6. The molecule has 2 aromatic rings. The first-order valence-electron chi connectivity index (χ1n) is 9.70. The van der Waals surface area contributed by atoms with Gasteiger partial charge in [-0.15, -0.1) is 0 Å². The quantitative estimate of drug-likeness (QED) is 0.494. The third-order valence-corrected chi connectivity index (χ3v) is 7.34. The van der Waals surface area contributed by atoms with Crippen LogP contribution in [-0.2, 0) is 10.0 Å². The van der Waals surface area contributed by atoms with E-state index in [9.17, 15) is 23.3 Å². The minimum atomic E-state index is -3.52. The van der Waals surface area contributed by atoms with Gasteiger partial charge in [-0.05, 0) is 31.2 Å². The van der Waals surface area contributed by atoms with E-state index in [1.54, 1.807) is 24.3 Å². The van der Waals surface area contributed by atoms with E-state index in [2.05, 4.69) is 10.2 Å². The van der Waals surface area contributed by atoms with E-state index in [0.717, 1.165) is 11.6 Å². The maximum absolute atomic E-state index is 12.8. The molecule has 31 heavy (non-hydrogen) atoms. The van der Waals surface area contributed by atoms with Gasteiger partial charge in [0.2, 0.25) is 10.0 Å². The van der Waals surface area contributed by atoms with Crippen molar-refractivity contribution in [2.45, 2.75) is 11.8 Å². The summed E-state index contributed by atoms with van der Waals surface area (Å²) in [6.07, 6.45) is 0. The Labute approximate surface area is 185 Å². The monoisotopic (exact) mass is 466 g/mol. The lowest BCUT2D eigenvalue weighted by molar-refractivity contribution is -0.384. The van der Waals surface area contributed by atoms with Crippen LogP contribution in [0.15, 0.2) is 47.4 Å². The molecule has 0 unspecified atom stereocenters. The standard InChI is InChI=1S/C20H23ClN4O5S/c1-15-2-5-17(6-3-15)31(29,30)24-12-10-23(11-13-24)9-8-22-20(26)16-4-7-18(21)19(14-16)25(27)28/h2-7,14H,8-13H2,1H3,(H,22,26). The summed E-state index contributed by atoms with van der Waals surface area (Å²) in [4.78, 5) is 24.9. The minimum absolute atomic E-state index is 0.0278. The summed E-state index contributed by atoms with van der Waals surface area (Å²) in [5.41, 5.74) is 0.837. The van der Waals surface area contributed by atoms with Gasteiger partial charge in [0, 0.05) is 50.9 Å². The SMILES string of the molecule is Cc1ccc(S(=O)(=O)N2CCN(CCNC(=O)c3ccc(Cl)c([N+](=O)[O-])c3)CC2)cc1. The number of nitro benzene ring substituents is 1.